The fourth-order valence-electron chi connectivity index (χ4n) is 1.63. The molecule has 1 heterocycles. The Morgan fingerprint density at radius 2 is 1.86 bits per heavy atom. The second-order valence-corrected chi connectivity index (χ2v) is 4.04. The number of likely N-dealkylation sites (tertiary alicyclic amines) is 1. The van der Waals surface area contributed by atoms with Gasteiger partial charge in [-0.1, -0.05) is 12.2 Å². The minimum Gasteiger partial charge on any atom is -0.393 e. The van der Waals surface area contributed by atoms with Crippen molar-refractivity contribution in [3.63, 3.8) is 0 Å². The molecule has 0 unspecified atom stereocenters. The molecule has 0 spiro atoms. The van der Waals surface area contributed by atoms with E-state index in [-0.39, 0.29) is 5.92 Å². The number of nitrogens with zero attached hydrogens (tertiary/aromatic N) is 1. The molecular weight excluding hydrogens is 213 g/mol. The monoisotopic (exact) mass is 226 g/mol. The number of hydrogen-bond donors (Lipinski definition) is 1. The Morgan fingerprint density at radius 3 is 2.21 bits per heavy atom. The number of alkyl halides is 3. The standard InChI is InChI=1S/C8H13F3N2S/c9-8(10,11)5-13-3-1-6(2-4-13)7(12)14/h6H,1-5H2,(H2,12,14). The quantitative estimate of drug-likeness (QED) is 0.724. The van der Waals surface area contributed by atoms with E-state index in [1.54, 1.807) is 0 Å². The molecule has 1 rings (SSSR count). The predicted molar refractivity (Wildman–Crippen MR) is 52.0 cm³/mol. The average Bonchev–Trinajstić information content (AvgIpc) is 2.02. The fourth-order valence-corrected chi connectivity index (χ4v) is 1.86. The van der Waals surface area contributed by atoms with E-state index in [0.717, 1.165) is 0 Å². The van der Waals surface area contributed by atoms with Gasteiger partial charge in [0.1, 0.15) is 0 Å². The third-order valence-corrected chi connectivity index (χ3v) is 2.73. The van der Waals surface area contributed by atoms with Gasteiger partial charge in [0.15, 0.2) is 0 Å². The first-order valence-corrected chi connectivity index (χ1v) is 4.88. The van der Waals surface area contributed by atoms with E-state index in [4.69, 9.17) is 18.0 Å². The highest BCUT2D eigenvalue weighted by Crippen LogP contribution is 2.22. The minimum atomic E-state index is -4.10. The second-order valence-electron chi connectivity index (χ2n) is 3.57. The maximum Gasteiger partial charge on any atom is 0.401 e. The third-order valence-electron chi connectivity index (χ3n) is 2.39. The molecule has 1 aliphatic rings. The summed E-state index contributed by atoms with van der Waals surface area (Å²) in [6, 6.07) is 0. The van der Waals surface area contributed by atoms with Crippen LogP contribution >= 0.6 is 12.2 Å². The SMILES string of the molecule is NC(=S)C1CCN(CC(F)(F)F)CC1. The normalized spacial score (nSPS) is 21.1. The summed E-state index contributed by atoms with van der Waals surface area (Å²) in [6.07, 6.45) is -2.81. The fraction of sp³-hybridized carbons (Fsp3) is 0.875. The van der Waals surface area contributed by atoms with Crippen LogP contribution in [0.1, 0.15) is 12.8 Å². The maximum absolute atomic E-state index is 12.0. The highest BCUT2D eigenvalue weighted by molar-refractivity contribution is 7.80. The molecule has 0 radical (unpaired) electrons. The maximum atomic E-state index is 12.0. The Balaban J connectivity index is 2.33. The van der Waals surface area contributed by atoms with E-state index in [1.807, 2.05) is 0 Å². The highest BCUT2D eigenvalue weighted by atomic mass is 32.1. The molecule has 0 atom stereocenters. The zero-order chi connectivity index (χ0) is 10.8. The summed E-state index contributed by atoms with van der Waals surface area (Å²) >= 11 is 4.80. The van der Waals surface area contributed by atoms with E-state index in [2.05, 4.69) is 0 Å². The van der Waals surface area contributed by atoms with Crippen LogP contribution < -0.4 is 5.73 Å². The molecule has 2 N–H and O–H groups in total. The average molecular weight is 226 g/mol. The molecule has 6 heteroatoms. The van der Waals surface area contributed by atoms with E-state index >= 15 is 0 Å². The van der Waals surface area contributed by atoms with E-state index in [9.17, 15) is 13.2 Å². The van der Waals surface area contributed by atoms with Crippen molar-refractivity contribution >= 4 is 17.2 Å². The smallest absolute Gasteiger partial charge is 0.393 e. The lowest BCUT2D eigenvalue weighted by Crippen LogP contribution is -2.42. The summed E-state index contributed by atoms with van der Waals surface area (Å²) in [5.41, 5.74) is 5.43. The van der Waals surface area contributed by atoms with Gasteiger partial charge in [0.2, 0.25) is 0 Å². The summed E-state index contributed by atoms with van der Waals surface area (Å²) in [5.74, 6) is 0.120. The molecule has 0 aliphatic carbocycles. The van der Waals surface area contributed by atoms with Crippen molar-refractivity contribution in [1.82, 2.24) is 4.90 Å². The van der Waals surface area contributed by atoms with Crippen molar-refractivity contribution in [3.8, 4) is 0 Å². The summed E-state index contributed by atoms with van der Waals surface area (Å²) < 4.78 is 36.0. The number of nitrogens with two attached hydrogens (primary N) is 1. The number of hydrogen-bond acceptors (Lipinski definition) is 2. The molecule has 2 nitrogen and oxygen atoms in total. The number of piperidine rings is 1. The number of halogens is 3. The van der Waals surface area contributed by atoms with Gasteiger partial charge in [-0.3, -0.25) is 4.90 Å². The highest BCUT2D eigenvalue weighted by Gasteiger charge is 2.32. The summed E-state index contributed by atoms with van der Waals surface area (Å²) in [6.45, 7) is 0.0418. The van der Waals surface area contributed by atoms with Crippen LogP contribution in [0.15, 0.2) is 0 Å². The van der Waals surface area contributed by atoms with Crippen LogP contribution in [0.2, 0.25) is 0 Å². The van der Waals surface area contributed by atoms with Crippen molar-refractivity contribution in [2.45, 2.75) is 19.0 Å². The Bertz CT molecular complexity index is 209. The van der Waals surface area contributed by atoms with Crippen molar-refractivity contribution in [2.75, 3.05) is 19.6 Å². The molecule has 1 saturated heterocycles. The third kappa shape index (κ3) is 3.79. The van der Waals surface area contributed by atoms with Crippen molar-refractivity contribution in [2.24, 2.45) is 11.7 Å². The van der Waals surface area contributed by atoms with E-state index in [1.165, 1.54) is 4.90 Å². The zero-order valence-electron chi connectivity index (χ0n) is 7.68. The molecule has 0 amide bonds. The van der Waals surface area contributed by atoms with Gasteiger partial charge in [0, 0.05) is 5.92 Å². The zero-order valence-corrected chi connectivity index (χ0v) is 8.50. The number of rotatable bonds is 2. The van der Waals surface area contributed by atoms with Crippen LogP contribution in [0.3, 0.4) is 0 Å². The Morgan fingerprint density at radius 1 is 1.36 bits per heavy atom. The summed E-state index contributed by atoms with van der Waals surface area (Å²) in [5, 5.41) is 0. The molecule has 0 bridgehead atoms. The predicted octanol–water partition coefficient (Wildman–Crippen LogP) is 1.55. The van der Waals surface area contributed by atoms with Crippen LogP contribution in [0.25, 0.3) is 0 Å². The van der Waals surface area contributed by atoms with Crippen LogP contribution in [0.5, 0.6) is 0 Å². The lowest BCUT2D eigenvalue weighted by atomic mass is 9.97. The van der Waals surface area contributed by atoms with Crippen LogP contribution in [0.4, 0.5) is 13.2 Å². The van der Waals surface area contributed by atoms with Gasteiger partial charge in [0.05, 0.1) is 11.5 Å². The first kappa shape index (κ1) is 11.7. The number of thiocarbonyl (C=S) groups is 1. The largest absolute Gasteiger partial charge is 0.401 e. The Hall–Kier alpha value is -0.360. The van der Waals surface area contributed by atoms with Crippen molar-refractivity contribution < 1.29 is 13.2 Å². The molecule has 0 aromatic heterocycles. The lowest BCUT2D eigenvalue weighted by molar-refractivity contribution is -0.148. The van der Waals surface area contributed by atoms with Crippen LogP contribution in [-0.4, -0.2) is 35.7 Å². The Kier molecular flexibility index (Phi) is 3.71. The lowest BCUT2D eigenvalue weighted by Gasteiger charge is -2.31. The van der Waals surface area contributed by atoms with Gasteiger partial charge < -0.3 is 5.73 Å². The molecule has 1 aliphatic heterocycles. The molecular formula is C8H13F3N2S. The topological polar surface area (TPSA) is 29.3 Å². The molecule has 1 fully saturated rings. The van der Waals surface area contributed by atoms with E-state index in [0.29, 0.717) is 30.9 Å². The van der Waals surface area contributed by atoms with Crippen molar-refractivity contribution in [3.05, 3.63) is 0 Å². The van der Waals surface area contributed by atoms with Crippen LogP contribution in [-0.2, 0) is 0 Å². The van der Waals surface area contributed by atoms with Crippen LogP contribution in [0, 0.1) is 5.92 Å². The summed E-state index contributed by atoms with van der Waals surface area (Å²) in [4.78, 5) is 1.83. The minimum absolute atomic E-state index is 0.120. The summed E-state index contributed by atoms with van der Waals surface area (Å²) in [7, 11) is 0. The van der Waals surface area contributed by atoms with Gasteiger partial charge in [-0.2, -0.15) is 13.2 Å². The molecule has 0 aromatic rings. The van der Waals surface area contributed by atoms with Gasteiger partial charge in [0.25, 0.3) is 0 Å². The van der Waals surface area contributed by atoms with Gasteiger partial charge in [-0.25, -0.2) is 0 Å². The van der Waals surface area contributed by atoms with Gasteiger partial charge in [-0.05, 0) is 25.9 Å². The molecule has 14 heavy (non-hydrogen) atoms. The van der Waals surface area contributed by atoms with Gasteiger partial charge in [-0.15, -0.1) is 0 Å². The molecule has 82 valence electrons. The van der Waals surface area contributed by atoms with E-state index < -0.39 is 12.7 Å². The Labute approximate surface area is 86.2 Å². The first-order chi connectivity index (χ1) is 6.38. The van der Waals surface area contributed by atoms with Gasteiger partial charge >= 0.3 is 6.18 Å². The molecule has 0 aromatic carbocycles. The molecule has 0 saturated carbocycles. The van der Waals surface area contributed by atoms with Crippen molar-refractivity contribution in [1.29, 1.82) is 0 Å². The first-order valence-electron chi connectivity index (χ1n) is 4.47. The second kappa shape index (κ2) is 4.44.